The Balaban J connectivity index is 1.34. The number of nitrogens with one attached hydrogen (secondary N) is 1. The van der Waals surface area contributed by atoms with Crippen LogP contribution in [0.3, 0.4) is 0 Å². The highest BCUT2D eigenvalue weighted by Gasteiger charge is 2.26. The molecule has 0 bridgehead atoms. The number of carbonyl (C=O) groups is 2. The summed E-state index contributed by atoms with van der Waals surface area (Å²) in [5.74, 6) is 0.319. The summed E-state index contributed by atoms with van der Waals surface area (Å²) >= 11 is 0. The molecule has 1 aromatic carbocycles. The number of amides is 2. The molecule has 0 unspecified atom stereocenters. The van der Waals surface area contributed by atoms with Crippen LogP contribution >= 0.6 is 0 Å². The number of piperazine rings is 1. The maximum Gasteiger partial charge on any atom is 0.293 e. The molecule has 3 aromatic rings. The Morgan fingerprint density at radius 3 is 2.48 bits per heavy atom. The molecule has 1 fully saturated rings. The molecule has 1 saturated heterocycles. The first kappa shape index (κ1) is 19.0. The van der Waals surface area contributed by atoms with Crippen LogP contribution in [0, 0.1) is 13.8 Å². The van der Waals surface area contributed by atoms with Crippen molar-refractivity contribution in [3.63, 3.8) is 0 Å². The molecule has 1 aliphatic heterocycles. The maximum absolute atomic E-state index is 12.8. The summed E-state index contributed by atoms with van der Waals surface area (Å²) < 4.78 is 1.59. The number of benzene rings is 1. The Morgan fingerprint density at radius 2 is 1.76 bits per heavy atom. The molecule has 4 rings (SSSR count). The number of para-hydroxylation sites is 1. The number of anilines is 1. The fourth-order valence-electron chi connectivity index (χ4n) is 3.43. The van der Waals surface area contributed by atoms with E-state index in [0.29, 0.717) is 38.5 Å². The molecule has 0 atom stereocenters. The van der Waals surface area contributed by atoms with Crippen LogP contribution in [0.25, 0.3) is 5.78 Å². The summed E-state index contributed by atoms with van der Waals surface area (Å²) in [5.41, 5.74) is 2.50. The van der Waals surface area contributed by atoms with Gasteiger partial charge in [0.15, 0.2) is 0 Å². The van der Waals surface area contributed by atoms with Gasteiger partial charge >= 0.3 is 0 Å². The Hall–Kier alpha value is -3.33. The average molecular weight is 393 g/mol. The van der Waals surface area contributed by atoms with E-state index in [0.717, 1.165) is 17.1 Å². The SMILES string of the molecule is Cc1cc(C)n2nc(C(=O)N3CCN(CC(=O)Nc4ccccc4)CC3)nc2n1. The molecule has 1 N–H and O–H groups in total. The van der Waals surface area contributed by atoms with E-state index in [1.54, 1.807) is 9.42 Å². The molecule has 0 spiro atoms. The van der Waals surface area contributed by atoms with Crippen LogP contribution in [0.5, 0.6) is 0 Å². The minimum Gasteiger partial charge on any atom is -0.333 e. The van der Waals surface area contributed by atoms with Crippen molar-refractivity contribution in [2.75, 3.05) is 38.0 Å². The third kappa shape index (κ3) is 4.24. The molecule has 1 aliphatic rings. The second-order valence-electron chi connectivity index (χ2n) is 7.17. The molecule has 9 heteroatoms. The zero-order valence-corrected chi connectivity index (χ0v) is 16.5. The summed E-state index contributed by atoms with van der Waals surface area (Å²) in [5, 5.41) is 7.20. The van der Waals surface area contributed by atoms with E-state index in [2.05, 4.69) is 20.4 Å². The van der Waals surface area contributed by atoms with Gasteiger partial charge in [-0.15, -0.1) is 5.10 Å². The van der Waals surface area contributed by atoms with Gasteiger partial charge in [0.2, 0.25) is 11.7 Å². The summed E-state index contributed by atoms with van der Waals surface area (Å²) in [6, 6.07) is 11.3. The summed E-state index contributed by atoms with van der Waals surface area (Å²) in [4.78, 5) is 37.4. The molecular formula is C20H23N7O2. The van der Waals surface area contributed by atoms with Crippen LogP contribution in [-0.2, 0) is 4.79 Å². The number of fused-ring (bicyclic) bond motifs is 1. The predicted octanol–water partition coefficient (Wildman–Crippen LogP) is 1.14. The van der Waals surface area contributed by atoms with Gasteiger partial charge in [0.1, 0.15) is 0 Å². The molecule has 150 valence electrons. The number of hydrogen-bond donors (Lipinski definition) is 1. The first-order chi connectivity index (χ1) is 14.0. The van der Waals surface area contributed by atoms with Crippen LogP contribution < -0.4 is 5.32 Å². The zero-order chi connectivity index (χ0) is 20.4. The number of hydrogen-bond acceptors (Lipinski definition) is 6. The lowest BCUT2D eigenvalue weighted by Gasteiger charge is -2.33. The van der Waals surface area contributed by atoms with Gasteiger partial charge in [0.05, 0.1) is 6.54 Å². The highest BCUT2D eigenvalue weighted by molar-refractivity contribution is 5.92. The van der Waals surface area contributed by atoms with E-state index in [4.69, 9.17) is 0 Å². The third-order valence-electron chi connectivity index (χ3n) is 4.89. The highest BCUT2D eigenvalue weighted by Crippen LogP contribution is 2.10. The minimum atomic E-state index is -0.207. The number of carbonyl (C=O) groups excluding carboxylic acids is 2. The van der Waals surface area contributed by atoms with Crippen molar-refractivity contribution in [1.82, 2.24) is 29.4 Å². The van der Waals surface area contributed by atoms with E-state index >= 15 is 0 Å². The lowest BCUT2D eigenvalue weighted by atomic mass is 10.3. The van der Waals surface area contributed by atoms with E-state index in [1.165, 1.54) is 0 Å². The van der Waals surface area contributed by atoms with Gasteiger partial charge in [-0.2, -0.15) is 4.98 Å². The van der Waals surface area contributed by atoms with E-state index < -0.39 is 0 Å². The Morgan fingerprint density at radius 1 is 1.03 bits per heavy atom. The first-order valence-electron chi connectivity index (χ1n) is 9.57. The van der Waals surface area contributed by atoms with E-state index in [1.807, 2.05) is 55.1 Å². The van der Waals surface area contributed by atoms with Crippen LogP contribution in [0.4, 0.5) is 5.69 Å². The van der Waals surface area contributed by atoms with E-state index in [-0.39, 0.29) is 17.6 Å². The molecule has 29 heavy (non-hydrogen) atoms. The lowest BCUT2D eigenvalue weighted by molar-refractivity contribution is -0.117. The molecule has 2 amide bonds. The van der Waals surface area contributed by atoms with Crippen molar-refractivity contribution in [3.05, 3.63) is 53.6 Å². The number of nitrogens with zero attached hydrogens (tertiary/aromatic N) is 6. The maximum atomic E-state index is 12.8. The zero-order valence-electron chi connectivity index (χ0n) is 16.5. The number of rotatable bonds is 4. The van der Waals surface area contributed by atoms with Gasteiger partial charge in [-0.3, -0.25) is 14.5 Å². The van der Waals surface area contributed by atoms with Crippen molar-refractivity contribution < 1.29 is 9.59 Å². The molecule has 9 nitrogen and oxygen atoms in total. The summed E-state index contributed by atoms with van der Waals surface area (Å²) in [7, 11) is 0. The Bertz CT molecular complexity index is 1040. The monoisotopic (exact) mass is 393 g/mol. The lowest BCUT2D eigenvalue weighted by Crippen LogP contribution is -2.50. The molecule has 0 aliphatic carbocycles. The molecule has 3 heterocycles. The van der Waals surface area contributed by atoms with Gasteiger partial charge in [-0.25, -0.2) is 9.50 Å². The van der Waals surface area contributed by atoms with Gasteiger partial charge in [-0.05, 0) is 32.0 Å². The third-order valence-corrected chi connectivity index (χ3v) is 4.89. The number of aryl methyl sites for hydroxylation is 2. The Kier molecular flexibility index (Phi) is 5.22. The van der Waals surface area contributed by atoms with Crippen molar-refractivity contribution in [1.29, 1.82) is 0 Å². The highest BCUT2D eigenvalue weighted by atomic mass is 16.2. The summed E-state index contributed by atoms with van der Waals surface area (Å²) in [6.07, 6.45) is 0. The van der Waals surface area contributed by atoms with Crippen LogP contribution in [0.2, 0.25) is 0 Å². The van der Waals surface area contributed by atoms with Crippen molar-refractivity contribution in [2.24, 2.45) is 0 Å². The largest absolute Gasteiger partial charge is 0.333 e. The average Bonchev–Trinajstić information content (AvgIpc) is 3.13. The number of aromatic nitrogens is 4. The Labute approximate surface area is 168 Å². The van der Waals surface area contributed by atoms with Crippen LogP contribution in [-0.4, -0.2) is 73.9 Å². The smallest absolute Gasteiger partial charge is 0.293 e. The summed E-state index contributed by atoms with van der Waals surface area (Å²) in [6.45, 7) is 6.39. The second-order valence-corrected chi connectivity index (χ2v) is 7.17. The molecule has 0 saturated carbocycles. The van der Waals surface area contributed by atoms with Gasteiger partial charge < -0.3 is 10.2 Å². The van der Waals surface area contributed by atoms with Crippen LogP contribution in [0.1, 0.15) is 22.0 Å². The van der Waals surface area contributed by atoms with Crippen LogP contribution in [0.15, 0.2) is 36.4 Å². The molecular weight excluding hydrogens is 370 g/mol. The van der Waals surface area contributed by atoms with Gasteiger partial charge in [0.25, 0.3) is 11.7 Å². The normalized spacial score (nSPS) is 14.9. The topological polar surface area (TPSA) is 95.7 Å². The molecule has 0 radical (unpaired) electrons. The quantitative estimate of drug-likeness (QED) is 0.714. The van der Waals surface area contributed by atoms with Crippen molar-refractivity contribution in [3.8, 4) is 0 Å². The standard InChI is InChI=1S/C20H23N7O2/c1-14-12-15(2)27-20(21-14)23-18(24-27)19(29)26-10-8-25(9-11-26)13-17(28)22-16-6-4-3-5-7-16/h3-7,12H,8-11,13H2,1-2H3,(H,22,28). The second kappa shape index (κ2) is 7.96. The van der Waals surface area contributed by atoms with Gasteiger partial charge in [-0.1, -0.05) is 18.2 Å². The predicted molar refractivity (Wildman–Crippen MR) is 108 cm³/mol. The fourth-order valence-corrected chi connectivity index (χ4v) is 3.43. The first-order valence-corrected chi connectivity index (χ1v) is 9.57. The van der Waals surface area contributed by atoms with Gasteiger partial charge in [0, 0.05) is 43.3 Å². The van der Waals surface area contributed by atoms with E-state index in [9.17, 15) is 9.59 Å². The van der Waals surface area contributed by atoms with Crippen molar-refractivity contribution in [2.45, 2.75) is 13.8 Å². The van der Waals surface area contributed by atoms with Crippen molar-refractivity contribution >= 4 is 23.3 Å². The fraction of sp³-hybridized carbons (Fsp3) is 0.350. The molecule has 2 aromatic heterocycles. The minimum absolute atomic E-state index is 0.0603.